The number of aromatic hydroxyl groups is 1. The number of ether oxygens (including phenoxy) is 1. The molecule has 8 heteroatoms. The molecule has 8 nitrogen and oxygen atoms in total. The first-order valence-corrected chi connectivity index (χ1v) is 12.0. The highest BCUT2D eigenvalue weighted by Crippen LogP contribution is 2.31. The lowest BCUT2D eigenvalue weighted by Crippen LogP contribution is -2.13. The van der Waals surface area contributed by atoms with Gasteiger partial charge in [0.05, 0.1) is 24.7 Å². The van der Waals surface area contributed by atoms with E-state index in [1.54, 1.807) is 54.9 Å². The van der Waals surface area contributed by atoms with Gasteiger partial charge >= 0.3 is 0 Å². The molecule has 0 aliphatic rings. The van der Waals surface area contributed by atoms with Crippen molar-refractivity contribution in [2.75, 3.05) is 17.7 Å². The molecule has 0 bridgehead atoms. The first-order chi connectivity index (χ1) is 18.4. The monoisotopic (exact) mass is 508 g/mol. The van der Waals surface area contributed by atoms with Crippen LogP contribution in [-0.2, 0) is 11.2 Å². The van der Waals surface area contributed by atoms with Gasteiger partial charge in [-0.25, -0.2) is 4.98 Å². The Morgan fingerprint density at radius 2 is 1.82 bits per heavy atom. The summed E-state index contributed by atoms with van der Waals surface area (Å²) in [6, 6.07) is 19.4. The van der Waals surface area contributed by atoms with Crippen LogP contribution in [0.2, 0.25) is 0 Å². The zero-order chi connectivity index (χ0) is 27.1. The highest BCUT2D eigenvalue weighted by Gasteiger charge is 2.13. The number of methoxy groups -OCH3 is 1. The van der Waals surface area contributed by atoms with Crippen LogP contribution in [0.5, 0.6) is 11.5 Å². The number of nitrogens with zero attached hydrogens (tertiary/aromatic N) is 2. The average molecular weight is 509 g/mol. The second-order valence-electron chi connectivity index (χ2n) is 8.74. The van der Waals surface area contributed by atoms with Crippen LogP contribution < -0.4 is 15.4 Å². The minimum Gasteiger partial charge on any atom is -0.504 e. The summed E-state index contributed by atoms with van der Waals surface area (Å²) in [5.41, 5.74) is 5.08. The van der Waals surface area contributed by atoms with Crippen LogP contribution in [0.25, 0.3) is 11.3 Å². The third kappa shape index (κ3) is 6.41. The van der Waals surface area contributed by atoms with E-state index in [1.807, 2.05) is 24.3 Å². The number of rotatable bonds is 9. The van der Waals surface area contributed by atoms with Gasteiger partial charge in [0, 0.05) is 28.7 Å². The molecular formula is C30H28N4O4. The molecule has 4 rings (SSSR count). The fourth-order valence-electron chi connectivity index (χ4n) is 3.94. The van der Waals surface area contributed by atoms with E-state index in [-0.39, 0.29) is 23.5 Å². The summed E-state index contributed by atoms with van der Waals surface area (Å²) in [4.78, 5) is 33.3. The Balaban J connectivity index is 1.43. The van der Waals surface area contributed by atoms with Gasteiger partial charge in [-0.05, 0) is 78.6 Å². The molecule has 2 amide bonds. The summed E-state index contributed by atoms with van der Waals surface area (Å²) in [6.07, 6.45) is 5.25. The highest BCUT2D eigenvalue weighted by atomic mass is 16.5. The Morgan fingerprint density at radius 3 is 2.55 bits per heavy atom. The highest BCUT2D eigenvalue weighted by molar-refractivity contribution is 6.05. The van der Waals surface area contributed by atoms with Crippen molar-refractivity contribution < 1.29 is 19.4 Å². The van der Waals surface area contributed by atoms with Gasteiger partial charge in [-0.3, -0.25) is 14.6 Å². The summed E-state index contributed by atoms with van der Waals surface area (Å²) >= 11 is 0. The van der Waals surface area contributed by atoms with E-state index >= 15 is 0 Å². The number of benzene rings is 3. The number of carbonyl (C=O) groups excluding carboxylic acids is 2. The normalized spacial score (nSPS) is 11.3. The van der Waals surface area contributed by atoms with Crippen LogP contribution in [0, 0.1) is 0 Å². The Bertz CT molecular complexity index is 1470. The molecule has 192 valence electrons. The van der Waals surface area contributed by atoms with Crippen molar-refractivity contribution in [1.29, 1.82) is 0 Å². The molecule has 1 aromatic heterocycles. The molecule has 0 spiro atoms. The van der Waals surface area contributed by atoms with Crippen molar-refractivity contribution in [3.8, 4) is 22.8 Å². The summed E-state index contributed by atoms with van der Waals surface area (Å²) < 4.78 is 5.20. The van der Waals surface area contributed by atoms with Crippen molar-refractivity contribution in [2.24, 2.45) is 0 Å². The molecule has 38 heavy (non-hydrogen) atoms. The van der Waals surface area contributed by atoms with Gasteiger partial charge in [0.15, 0.2) is 11.5 Å². The number of hydrogen-bond donors (Lipinski definition) is 3. The third-order valence-electron chi connectivity index (χ3n) is 5.99. The second-order valence-corrected chi connectivity index (χ2v) is 8.74. The van der Waals surface area contributed by atoms with E-state index in [9.17, 15) is 14.7 Å². The number of nitrogens with one attached hydrogen (secondary N) is 2. The molecular weight excluding hydrogens is 480 g/mol. The van der Waals surface area contributed by atoms with Crippen molar-refractivity contribution in [3.63, 3.8) is 0 Å². The van der Waals surface area contributed by atoms with Crippen molar-refractivity contribution in [3.05, 3.63) is 109 Å². The molecule has 0 fully saturated rings. The molecule has 0 saturated heterocycles. The molecule has 0 saturated carbocycles. The zero-order valence-corrected chi connectivity index (χ0v) is 21.1. The van der Waals surface area contributed by atoms with Gasteiger partial charge in [-0.2, -0.15) is 0 Å². The fraction of sp³-hybridized carbons (Fsp3) is 0.133. The second kappa shape index (κ2) is 11.8. The van der Waals surface area contributed by atoms with Crippen LogP contribution >= 0.6 is 0 Å². The van der Waals surface area contributed by atoms with E-state index in [4.69, 9.17) is 9.72 Å². The molecule has 3 N–H and O–H groups in total. The van der Waals surface area contributed by atoms with Gasteiger partial charge in [-0.1, -0.05) is 25.6 Å². The van der Waals surface area contributed by atoms with Crippen molar-refractivity contribution >= 4 is 23.2 Å². The Hall–Kier alpha value is -4.98. The average Bonchev–Trinajstić information content (AvgIpc) is 2.94. The fourth-order valence-corrected chi connectivity index (χ4v) is 3.94. The molecule has 0 aliphatic carbocycles. The van der Waals surface area contributed by atoms with Gasteiger partial charge in [0.25, 0.3) is 5.91 Å². The maximum Gasteiger partial charge on any atom is 0.255 e. The van der Waals surface area contributed by atoms with Crippen LogP contribution in [0.4, 0.5) is 11.4 Å². The summed E-state index contributed by atoms with van der Waals surface area (Å²) in [7, 11) is 1.50. The van der Waals surface area contributed by atoms with Crippen LogP contribution in [-0.4, -0.2) is 34.0 Å². The third-order valence-corrected chi connectivity index (χ3v) is 5.99. The van der Waals surface area contributed by atoms with E-state index in [0.29, 0.717) is 34.8 Å². The maximum atomic E-state index is 12.8. The van der Waals surface area contributed by atoms with Crippen LogP contribution in [0.1, 0.15) is 34.5 Å². The Morgan fingerprint density at radius 1 is 1.03 bits per heavy atom. The molecule has 3 aromatic carbocycles. The number of carbonyl (C=O) groups is 2. The smallest absolute Gasteiger partial charge is 0.255 e. The Kier molecular flexibility index (Phi) is 8.13. The minimum atomic E-state index is -0.313. The predicted octanol–water partition coefficient (Wildman–Crippen LogP) is 5.58. The quantitative estimate of drug-likeness (QED) is 0.254. The first kappa shape index (κ1) is 26.1. The van der Waals surface area contributed by atoms with Crippen molar-refractivity contribution in [1.82, 2.24) is 9.97 Å². The molecule has 0 radical (unpaired) electrons. The van der Waals surface area contributed by atoms with Gasteiger partial charge < -0.3 is 20.5 Å². The molecule has 1 atom stereocenters. The maximum absolute atomic E-state index is 12.8. The topological polar surface area (TPSA) is 113 Å². The van der Waals surface area contributed by atoms with E-state index < -0.39 is 0 Å². The van der Waals surface area contributed by atoms with Crippen LogP contribution in [0.3, 0.4) is 0 Å². The molecule has 0 aliphatic heterocycles. The lowest BCUT2D eigenvalue weighted by molar-refractivity contribution is -0.111. The Labute approximate surface area is 221 Å². The summed E-state index contributed by atoms with van der Waals surface area (Å²) in [5.74, 6) is -0.0171. The number of phenols is 1. The van der Waals surface area contributed by atoms with E-state index in [0.717, 1.165) is 16.8 Å². The number of aromatic nitrogens is 2. The van der Waals surface area contributed by atoms with Gasteiger partial charge in [0.2, 0.25) is 5.91 Å². The number of phenolic OH excluding ortho intramolecular Hbond substituents is 1. The van der Waals surface area contributed by atoms with E-state index in [1.165, 1.54) is 13.2 Å². The van der Waals surface area contributed by atoms with Gasteiger partial charge in [0.1, 0.15) is 0 Å². The SMILES string of the molecule is C=CC(=O)Nc1ccc(C(=O)Nc2cccc([C@H](C)Cc3cncc(-c4ccc(O)c(OC)c4)n3)c2)cc1. The summed E-state index contributed by atoms with van der Waals surface area (Å²) in [6.45, 7) is 5.51. The lowest BCUT2D eigenvalue weighted by Gasteiger charge is -2.14. The largest absolute Gasteiger partial charge is 0.504 e. The van der Waals surface area contributed by atoms with Gasteiger partial charge in [-0.15, -0.1) is 0 Å². The van der Waals surface area contributed by atoms with E-state index in [2.05, 4.69) is 29.1 Å². The standard InChI is InChI=1S/C30H28N4O4/c1-4-29(36)33-23-11-8-20(9-12-23)30(37)34-24-7-5-6-21(15-24)19(2)14-25-17-31-18-26(32-25)22-10-13-27(35)28(16-22)38-3/h4-13,15-19,35H,1,14H2,2-3H3,(H,33,36)(H,34,37)/t19-/m1/s1. The first-order valence-electron chi connectivity index (χ1n) is 12.0. The number of anilines is 2. The molecule has 0 unspecified atom stereocenters. The molecule has 4 aromatic rings. The van der Waals surface area contributed by atoms with Crippen LogP contribution in [0.15, 0.2) is 91.8 Å². The lowest BCUT2D eigenvalue weighted by atomic mass is 9.95. The van der Waals surface area contributed by atoms with Crippen molar-refractivity contribution in [2.45, 2.75) is 19.3 Å². The summed E-state index contributed by atoms with van der Waals surface area (Å²) in [5, 5.41) is 15.5. The molecule has 1 heterocycles. The predicted molar refractivity (Wildman–Crippen MR) is 147 cm³/mol. The number of amides is 2. The number of hydrogen-bond acceptors (Lipinski definition) is 6. The minimum absolute atomic E-state index is 0.0648. The zero-order valence-electron chi connectivity index (χ0n) is 21.1.